The first-order chi connectivity index (χ1) is 0. The molecule has 0 fully saturated rings. The van der Waals surface area contributed by atoms with Gasteiger partial charge in [-0.15, -0.1) is 0 Å². The van der Waals surface area contributed by atoms with Gasteiger partial charge in [-0.2, -0.15) is 0 Å². The molecule has 0 bridgehead atoms. The Labute approximate surface area is 58.3 Å². The van der Waals surface area contributed by atoms with Gasteiger partial charge in [-0.05, 0) is 0 Å². The Balaban J connectivity index is 0. The van der Waals surface area contributed by atoms with Crippen LogP contribution in [0.4, 0.5) is 0 Å². The summed E-state index contributed by atoms with van der Waals surface area (Å²) in [5, 5.41) is 0. The second kappa shape index (κ2) is 64.5. The fraction of sp³-hybridized carbons (Fsp3) is 0. The first-order valence-electron chi connectivity index (χ1n) is 0. The molecule has 0 atom stereocenters. The summed E-state index contributed by atoms with van der Waals surface area (Å²) in [5.41, 5.74) is 0. The molecule has 42 valence electrons. The minimum absolute atomic E-state index is 0. The van der Waals surface area contributed by atoms with Crippen LogP contribution in [-0.2, 0) is 21.1 Å². The van der Waals surface area contributed by atoms with E-state index in [9.17, 15) is 0 Å². The summed E-state index contributed by atoms with van der Waals surface area (Å²) < 4.78 is 0. The maximum atomic E-state index is 0. The average molecular weight is 300 g/mol. The van der Waals surface area contributed by atoms with Crippen molar-refractivity contribution in [3.05, 3.63) is 0 Å². The van der Waals surface area contributed by atoms with Crippen molar-refractivity contribution >= 4 is 0 Å². The molecule has 0 radical (unpaired) electrons. The Morgan fingerprint density at radius 1 is 0.600 bits per heavy atom. The van der Waals surface area contributed by atoms with E-state index in [1.54, 1.807) is 0 Å². The second-order valence-corrected chi connectivity index (χ2v) is 0. The van der Waals surface area contributed by atoms with Crippen molar-refractivity contribution in [1.82, 2.24) is 12.3 Å². The number of rotatable bonds is 0. The van der Waals surface area contributed by atoms with Gasteiger partial charge < -0.3 is 37.1 Å². The monoisotopic (exact) mass is 299 g/mol. The van der Waals surface area contributed by atoms with Crippen LogP contribution in [0.5, 0.6) is 0 Å². The van der Waals surface area contributed by atoms with E-state index < -0.39 is 0 Å². The first kappa shape index (κ1) is 118. The summed E-state index contributed by atoms with van der Waals surface area (Å²) in [6.45, 7) is 0. The van der Waals surface area contributed by atoms with Crippen LogP contribution < -0.4 is 37.1 Å². The van der Waals surface area contributed by atoms with Gasteiger partial charge in [-0.25, -0.2) is 0 Å². The molecule has 0 aliphatic carbocycles. The summed E-state index contributed by atoms with van der Waals surface area (Å²) in [4.78, 5) is 0. The van der Waals surface area contributed by atoms with E-state index in [4.69, 9.17) is 0 Å². The summed E-state index contributed by atoms with van der Waals surface area (Å²) in [6, 6.07) is 0. The molecule has 0 rings (SSSR count). The third-order valence-electron chi connectivity index (χ3n) is 0. The van der Waals surface area contributed by atoms with Crippen molar-refractivity contribution in [1.29, 1.82) is 0 Å². The van der Waals surface area contributed by atoms with Gasteiger partial charge in [0.2, 0.25) is 0 Å². The zero-order chi connectivity index (χ0) is 0. The van der Waals surface area contributed by atoms with E-state index in [0.29, 0.717) is 0 Å². The molecule has 0 aromatic rings. The van der Waals surface area contributed by atoms with Crippen molar-refractivity contribution in [3.63, 3.8) is 0 Å². The van der Waals surface area contributed by atoms with Crippen molar-refractivity contribution in [2.24, 2.45) is 0 Å². The molecule has 0 amide bonds. The third-order valence-corrected chi connectivity index (χ3v) is 0. The SMILES string of the molecule is N.N.[Cl-].[Cl-].[Pt]. The fourth-order valence-corrected chi connectivity index (χ4v) is 0. The zero-order valence-corrected chi connectivity index (χ0v) is 6.27. The molecule has 0 saturated heterocycles. The van der Waals surface area contributed by atoms with E-state index in [1.807, 2.05) is 0 Å². The van der Waals surface area contributed by atoms with Crippen LogP contribution in [0.15, 0.2) is 0 Å². The molecule has 5 heavy (non-hydrogen) atoms. The molecule has 5 heteroatoms. The van der Waals surface area contributed by atoms with Crippen LogP contribution in [0.3, 0.4) is 0 Å². The van der Waals surface area contributed by atoms with Crippen molar-refractivity contribution in [2.75, 3.05) is 0 Å². The van der Waals surface area contributed by atoms with Crippen molar-refractivity contribution < 1.29 is 45.9 Å². The van der Waals surface area contributed by atoms with Crippen LogP contribution in [0.2, 0.25) is 0 Å². The normalized spacial score (nSPS) is 0. The van der Waals surface area contributed by atoms with E-state index in [0.717, 1.165) is 0 Å². The van der Waals surface area contributed by atoms with Gasteiger partial charge in [0.15, 0.2) is 0 Å². The van der Waals surface area contributed by atoms with Crippen molar-refractivity contribution in [3.8, 4) is 0 Å². The Morgan fingerprint density at radius 2 is 0.600 bits per heavy atom. The molecular formula is H6Cl2N2Pt-2. The number of hydrogen-bond acceptors (Lipinski definition) is 2. The molecule has 0 aromatic heterocycles. The van der Waals surface area contributed by atoms with E-state index >= 15 is 0 Å². The zero-order valence-electron chi connectivity index (χ0n) is 2.49. The molecule has 2 nitrogen and oxygen atoms in total. The largest absolute Gasteiger partial charge is 1.00 e. The molecule has 0 heterocycles. The molecule has 6 N–H and O–H groups in total. The smallest absolute Gasteiger partial charge is 0 e. The van der Waals surface area contributed by atoms with Gasteiger partial charge in [0.05, 0.1) is 0 Å². The molecule has 0 spiro atoms. The van der Waals surface area contributed by atoms with E-state index in [2.05, 4.69) is 0 Å². The van der Waals surface area contributed by atoms with Crippen molar-refractivity contribution in [2.45, 2.75) is 0 Å². The summed E-state index contributed by atoms with van der Waals surface area (Å²) in [5.74, 6) is 0. The maximum Gasteiger partial charge on any atom is 0 e. The first-order valence-corrected chi connectivity index (χ1v) is 0. The van der Waals surface area contributed by atoms with Crippen LogP contribution in [-0.4, -0.2) is 0 Å². The van der Waals surface area contributed by atoms with Gasteiger partial charge in [0.25, 0.3) is 0 Å². The summed E-state index contributed by atoms with van der Waals surface area (Å²) in [6.07, 6.45) is 0. The maximum absolute atomic E-state index is 0. The predicted molar refractivity (Wildman–Crippen MR) is 10.0 cm³/mol. The molecule has 0 aliphatic heterocycles. The predicted octanol–water partition coefficient (Wildman–Crippen LogP) is -5.67. The molecule has 0 aromatic carbocycles. The average Bonchev–Trinajstić information content (AvgIpc) is 0. The molecular weight excluding hydrogens is 294 g/mol. The standard InChI is InChI=1S/2ClH.2H3N.Pt/h2*1H;2*1H3;/p-2. The fourth-order valence-electron chi connectivity index (χ4n) is 0. The number of hydrogen-bond donors (Lipinski definition) is 2. The number of halogens is 2. The topological polar surface area (TPSA) is 70.0 Å². The Kier molecular flexibility index (Phi) is 1520. The van der Waals surface area contributed by atoms with Gasteiger partial charge in [0.1, 0.15) is 0 Å². The van der Waals surface area contributed by atoms with Crippen LogP contribution in [0, 0.1) is 0 Å². The van der Waals surface area contributed by atoms with Crippen LogP contribution in [0.25, 0.3) is 0 Å². The van der Waals surface area contributed by atoms with Gasteiger partial charge >= 0.3 is 0 Å². The van der Waals surface area contributed by atoms with E-state index in [-0.39, 0.29) is 58.2 Å². The van der Waals surface area contributed by atoms with Crippen LogP contribution >= 0.6 is 0 Å². The Morgan fingerprint density at radius 3 is 0.600 bits per heavy atom. The van der Waals surface area contributed by atoms with Gasteiger partial charge in [-0.1, -0.05) is 0 Å². The Hall–Kier alpha value is 1.19. The molecule has 0 saturated carbocycles. The molecule has 0 unspecified atom stereocenters. The summed E-state index contributed by atoms with van der Waals surface area (Å²) >= 11 is 0. The minimum atomic E-state index is 0. The van der Waals surface area contributed by atoms with Gasteiger partial charge in [0, 0.05) is 21.1 Å². The Bertz CT molecular complexity index is 7.61. The quantitative estimate of drug-likeness (QED) is 0.468. The minimum Gasteiger partial charge on any atom is -1.00 e. The third kappa shape index (κ3) is 37.3. The summed E-state index contributed by atoms with van der Waals surface area (Å²) in [7, 11) is 0. The van der Waals surface area contributed by atoms with Crippen LogP contribution in [0.1, 0.15) is 0 Å². The van der Waals surface area contributed by atoms with Gasteiger partial charge in [-0.3, -0.25) is 0 Å². The van der Waals surface area contributed by atoms with E-state index in [1.165, 1.54) is 0 Å². The molecule has 0 aliphatic rings. The second-order valence-electron chi connectivity index (χ2n) is 0.